The van der Waals surface area contributed by atoms with Crippen LogP contribution in [-0.2, 0) is 21.6 Å². The van der Waals surface area contributed by atoms with Gasteiger partial charge in [0, 0.05) is 32.0 Å². The Morgan fingerprint density at radius 2 is 1.71 bits per heavy atom. The minimum Gasteiger partial charge on any atom is -0.378 e. The molecule has 9 nitrogen and oxygen atoms in total. The monoisotopic (exact) mass is 381 g/mol. The maximum atomic E-state index is 5.95. The predicted octanol–water partition coefficient (Wildman–Crippen LogP) is 1.69. The summed E-state index contributed by atoms with van der Waals surface area (Å²) < 4.78 is 13.6. The Bertz CT molecular complexity index is 1020. The number of ether oxygens (including phenoxy) is 2. The molecule has 2 aliphatic heterocycles. The van der Waals surface area contributed by atoms with Crippen molar-refractivity contribution in [2.24, 2.45) is 0 Å². The Morgan fingerprint density at radius 1 is 0.964 bits per heavy atom. The number of nitrogens with zero attached hydrogens (tertiary/aromatic N) is 7. The van der Waals surface area contributed by atoms with Crippen LogP contribution in [0.3, 0.4) is 0 Å². The van der Waals surface area contributed by atoms with Gasteiger partial charge in [-0.2, -0.15) is 0 Å². The van der Waals surface area contributed by atoms with Crippen LogP contribution in [0.25, 0.3) is 22.6 Å². The van der Waals surface area contributed by atoms with Crippen molar-refractivity contribution >= 4 is 17.0 Å². The molecular weight excluding hydrogens is 358 g/mol. The number of hydrogen-bond acceptors (Lipinski definition) is 8. The van der Waals surface area contributed by atoms with Crippen molar-refractivity contribution in [2.45, 2.75) is 32.9 Å². The molecule has 5 heterocycles. The average molecular weight is 381 g/mol. The fraction of sp³-hybridized carbons (Fsp3) is 0.526. The lowest BCUT2D eigenvalue weighted by Crippen LogP contribution is -2.37. The van der Waals surface area contributed by atoms with Crippen molar-refractivity contribution in [3.05, 3.63) is 24.0 Å². The van der Waals surface area contributed by atoms with Gasteiger partial charge in [-0.05, 0) is 20.8 Å². The normalized spacial score (nSPS) is 19.0. The molecule has 0 saturated carbocycles. The summed E-state index contributed by atoms with van der Waals surface area (Å²) in [7, 11) is 0. The van der Waals surface area contributed by atoms with Gasteiger partial charge in [0.15, 0.2) is 22.8 Å². The van der Waals surface area contributed by atoms with E-state index in [0.29, 0.717) is 25.6 Å². The lowest BCUT2D eigenvalue weighted by Gasteiger charge is -2.30. The highest BCUT2D eigenvalue weighted by Crippen LogP contribution is 2.34. The third-order valence-electron chi connectivity index (χ3n) is 5.24. The SMILES string of the molecule is Cc1ncc(-c2nc(N3CCOCC3)c3nc4n(c3n2)CCOC4(C)C)cn1. The molecular formula is C19H23N7O2. The van der Waals surface area contributed by atoms with Crippen LogP contribution < -0.4 is 4.90 Å². The number of morpholine rings is 1. The first-order valence-electron chi connectivity index (χ1n) is 9.57. The number of aryl methyl sites for hydroxylation is 1. The van der Waals surface area contributed by atoms with E-state index in [9.17, 15) is 0 Å². The van der Waals surface area contributed by atoms with Gasteiger partial charge >= 0.3 is 0 Å². The maximum absolute atomic E-state index is 5.95. The Kier molecular flexibility index (Phi) is 4.02. The first kappa shape index (κ1) is 17.4. The molecule has 2 aliphatic rings. The fourth-order valence-electron chi connectivity index (χ4n) is 3.75. The molecule has 0 bridgehead atoms. The second kappa shape index (κ2) is 6.46. The highest BCUT2D eigenvalue weighted by molar-refractivity contribution is 5.86. The summed E-state index contributed by atoms with van der Waals surface area (Å²) in [6.45, 7) is 10.2. The van der Waals surface area contributed by atoms with E-state index in [0.717, 1.165) is 53.8 Å². The van der Waals surface area contributed by atoms with Gasteiger partial charge in [0.05, 0.1) is 25.4 Å². The van der Waals surface area contributed by atoms with Crippen molar-refractivity contribution in [3.63, 3.8) is 0 Å². The molecule has 0 atom stereocenters. The van der Waals surface area contributed by atoms with Crippen LogP contribution in [0.2, 0.25) is 0 Å². The van der Waals surface area contributed by atoms with Crippen LogP contribution in [0.15, 0.2) is 12.4 Å². The second-order valence-corrected chi connectivity index (χ2v) is 7.61. The standard InChI is InChI=1S/C19H23N7O2/c1-12-20-10-13(11-21-12)15-23-16(25-4-7-27-8-5-25)14-17(24-15)26-6-9-28-19(2,3)18(26)22-14/h10-11H,4-9H2,1-3H3. The van der Waals surface area contributed by atoms with Crippen LogP contribution >= 0.6 is 0 Å². The summed E-state index contributed by atoms with van der Waals surface area (Å²) >= 11 is 0. The molecule has 0 spiro atoms. The zero-order chi connectivity index (χ0) is 19.3. The molecule has 3 aromatic rings. The summed E-state index contributed by atoms with van der Waals surface area (Å²) in [5.41, 5.74) is 1.98. The van der Waals surface area contributed by atoms with Gasteiger partial charge in [0.1, 0.15) is 17.2 Å². The maximum Gasteiger partial charge on any atom is 0.167 e. The van der Waals surface area contributed by atoms with E-state index in [2.05, 4.69) is 19.4 Å². The van der Waals surface area contributed by atoms with Crippen LogP contribution in [-0.4, -0.2) is 62.4 Å². The van der Waals surface area contributed by atoms with Crippen molar-refractivity contribution in [1.29, 1.82) is 0 Å². The van der Waals surface area contributed by atoms with E-state index in [1.807, 2.05) is 20.8 Å². The second-order valence-electron chi connectivity index (χ2n) is 7.61. The van der Waals surface area contributed by atoms with Crippen LogP contribution in [0.5, 0.6) is 0 Å². The minimum atomic E-state index is -0.464. The van der Waals surface area contributed by atoms with Gasteiger partial charge in [-0.15, -0.1) is 0 Å². The first-order chi connectivity index (χ1) is 13.5. The van der Waals surface area contributed by atoms with Crippen LogP contribution in [0, 0.1) is 6.92 Å². The van der Waals surface area contributed by atoms with Gasteiger partial charge in [0.25, 0.3) is 0 Å². The molecule has 0 unspecified atom stereocenters. The van der Waals surface area contributed by atoms with Gasteiger partial charge in [-0.25, -0.2) is 24.9 Å². The van der Waals surface area contributed by atoms with Crippen LogP contribution in [0.4, 0.5) is 5.82 Å². The van der Waals surface area contributed by atoms with Crippen molar-refractivity contribution in [3.8, 4) is 11.4 Å². The lowest BCUT2D eigenvalue weighted by molar-refractivity contribution is -0.0530. The molecule has 146 valence electrons. The molecule has 0 radical (unpaired) electrons. The first-order valence-corrected chi connectivity index (χ1v) is 9.57. The summed E-state index contributed by atoms with van der Waals surface area (Å²) in [5, 5.41) is 0. The number of hydrogen-bond donors (Lipinski definition) is 0. The number of imidazole rings is 1. The zero-order valence-corrected chi connectivity index (χ0v) is 16.3. The minimum absolute atomic E-state index is 0.464. The van der Waals surface area contributed by atoms with Gasteiger partial charge in [-0.3, -0.25) is 0 Å². The van der Waals surface area contributed by atoms with E-state index >= 15 is 0 Å². The number of rotatable bonds is 2. The Labute approximate surface area is 162 Å². The number of fused-ring (bicyclic) bond motifs is 3. The van der Waals surface area contributed by atoms with Crippen molar-refractivity contribution in [1.82, 2.24) is 29.5 Å². The smallest absolute Gasteiger partial charge is 0.167 e. The molecule has 0 aliphatic carbocycles. The van der Waals surface area contributed by atoms with E-state index in [1.165, 1.54) is 0 Å². The van der Waals surface area contributed by atoms with E-state index in [-0.39, 0.29) is 0 Å². The molecule has 0 N–H and O–H groups in total. The predicted molar refractivity (Wildman–Crippen MR) is 103 cm³/mol. The van der Waals surface area contributed by atoms with Gasteiger partial charge < -0.3 is 18.9 Å². The highest BCUT2D eigenvalue weighted by Gasteiger charge is 2.34. The Balaban J connectivity index is 1.75. The van der Waals surface area contributed by atoms with Gasteiger partial charge in [0.2, 0.25) is 0 Å². The zero-order valence-electron chi connectivity index (χ0n) is 16.3. The molecule has 5 rings (SSSR count). The summed E-state index contributed by atoms with van der Waals surface area (Å²) in [6, 6.07) is 0. The molecule has 0 amide bonds. The molecule has 9 heteroatoms. The topological polar surface area (TPSA) is 91.1 Å². The van der Waals surface area contributed by atoms with Gasteiger partial charge in [-0.1, -0.05) is 0 Å². The average Bonchev–Trinajstić information content (AvgIpc) is 3.09. The lowest BCUT2D eigenvalue weighted by atomic mass is 10.1. The van der Waals surface area contributed by atoms with Crippen molar-refractivity contribution < 1.29 is 9.47 Å². The van der Waals surface area contributed by atoms with E-state index in [4.69, 9.17) is 24.4 Å². The third kappa shape index (κ3) is 2.82. The molecule has 1 saturated heterocycles. The van der Waals surface area contributed by atoms with Crippen molar-refractivity contribution in [2.75, 3.05) is 37.8 Å². The largest absolute Gasteiger partial charge is 0.378 e. The van der Waals surface area contributed by atoms with E-state index in [1.54, 1.807) is 12.4 Å². The Hall–Kier alpha value is -2.65. The number of aromatic nitrogens is 6. The quantitative estimate of drug-likeness (QED) is 0.662. The summed E-state index contributed by atoms with van der Waals surface area (Å²) in [4.78, 5) is 25.5. The molecule has 1 fully saturated rings. The van der Waals surface area contributed by atoms with Crippen LogP contribution in [0.1, 0.15) is 25.5 Å². The number of anilines is 1. The molecule has 3 aromatic heterocycles. The highest BCUT2D eigenvalue weighted by atomic mass is 16.5. The molecule has 28 heavy (non-hydrogen) atoms. The fourth-order valence-corrected chi connectivity index (χ4v) is 3.75. The third-order valence-corrected chi connectivity index (χ3v) is 5.24. The van der Waals surface area contributed by atoms with E-state index < -0.39 is 5.60 Å². The summed E-state index contributed by atoms with van der Waals surface area (Å²) in [5.74, 6) is 3.05. The molecule has 0 aromatic carbocycles. The Morgan fingerprint density at radius 3 is 2.46 bits per heavy atom. The summed E-state index contributed by atoms with van der Waals surface area (Å²) in [6.07, 6.45) is 3.54.